The van der Waals surface area contributed by atoms with Gasteiger partial charge in [-0.3, -0.25) is 4.90 Å². The van der Waals surface area contributed by atoms with Gasteiger partial charge in [0.2, 0.25) is 5.95 Å². The lowest BCUT2D eigenvalue weighted by atomic mass is 9.80. The van der Waals surface area contributed by atoms with Crippen LogP contribution in [0.4, 0.5) is 5.95 Å². The van der Waals surface area contributed by atoms with Crippen molar-refractivity contribution in [2.45, 2.75) is 76.6 Å². The molecule has 2 N–H and O–H groups in total. The molecule has 2 saturated carbocycles. The van der Waals surface area contributed by atoms with E-state index in [1.807, 2.05) is 6.20 Å². The summed E-state index contributed by atoms with van der Waals surface area (Å²) in [6.45, 7) is 7.75. The first-order valence-corrected chi connectivity index (χ1v) is 14.2. The number of nitrogens with zero attached hydrogens (tertiary/aromatic N) is 6. The lowest BCUT2D eigenvalue weighted by molar-refractivity contribution is 0.109. The Morgan fingerprint density at radius 3 is 2.41 bits per heavy atom. The summed E-state index contributed by atoms with van der Waals surface area (Å²) in [6.07, 6.45) is 9.14. The summed E-state index contributed by atoms with van der Waals surface area (Å²) in [6, 6.07) is 9.52. The zero-order chi connectivity index (χ0) is 25.4. The van der Waals surface area contributed by atoms with Gasteiger partial charge in [-0.2, -0.15) is 10.1 Å². The molecule has 3 aliphatic rings. The highest BCUT2D eigenvalue weighted by atomic mass is 16.3. The summed E-state index contributed by atoms with van der Waals surface area (Å²) < 4.78 is 2.12. The maximum Gasteiger partial charge on any atom is 0.224 e. The van der Waals surface area contributed by atoms with Crippen LogP contribution in [0.3, 0.4) is 0 Å². The van der Waals surface area contributed by atoms with Gasteiger partial charge in [-0.25, -0.2) is 9.67 Å². The van der Waals surface area contributed by atoms with E-state index in [9.17, 15) is 5.11 Å². The molecular weight excluding hydrogens is 462 g/mol. The van der Waals surface area contributed by atoms with Gasteiger partial charge in [0.05, 0.1) is 17.5 Å². The van der Waals surface area contributed by atoms with Crippen molar-refractivity contribution in [2.24, 2.45) is 5.92 Å². The monoisotopic (exact) mass is 503 g/mol. The van der Waals surface area contributed by atoms with Crippen LogP contribution in [0.1, 0.15) is 63.5 Å². The minimum atomic E-state index is -0.194. The van der Waals surface area contributed by atoms with Gasteiger partial charge in [0.15, 0.2) is 5.65 Å². The third kappa shape index (κ3) is 5.38. The normalized spacial score (nSPS) is 24.7. The Kier molecular flexibility index (Phi) is 7.14. The van der Waals surface area contributed by atoms with Crippen molar-refractivity contribution >= 4 is 17.0 Å². The van der Waals surface area contributed by atoms with Crippen LogP contribution in [0, 0.1) is 5.92 Å². The number of fused-ring (bicyclic) bond motifs is 1. The molecule has 0 bridgehead atoms. The molecule has 0 unspecified atom stereocenters. The van der Waals surface area contributed by atoms with E-state index in [4.69, 9.17) is 15.1 Å². The third-order valence-electron chi connectivity index (χ3n) is 8.90. The van der Waals surface area contributed by atoms with E-state index in [1.54, 1.807) is 0 Å². The second-order valence-corrected chi connectivity index (χ2v) is 11.6. The van der Waals surface area contributed by atoms with Crippen molar-refractivity contribution in [2.75, 3.05) is 38.5 Å². The Labute approximate surface area is 220 Å². The van der Waals surface area contributed by atoms with Crippen molar-refractivity contribution in [3.05, 3.63) is 36.0 Å². The van der Waals surface area contributed by atoms with Crippen LogP contribution in [0.25, 0.3) is 22.3 Å². The molecule has 6 rings (SSSR count). The molecule has 198 valence electrons. The van der Waals surface area contributed by atoms with Gasteiger partial charge in [0, 0.05) is 50.5 Å². The summed E-state index contributed by atoms with van der Waals surface area (Å²) in [5.74, 6) is 1.40. The van der Waals surface area contributed by atoms with Crippen molar-refractivity contribution < 1.29 is 5.11 Å². The average molecular weight is 504 g/mol. The minimum absolute atomic E-state index is 0.194. The molecular formula is C29H41N7O. The van der Waals surface area contributed by atoms with Crippen LogP contribution in [0.2, 0.25) is 0 Å². The molecule has 0 spiro atoms. The predicted octanol–water partition coefficient (Wildman–Crippen LogP) is 4.32. The summed E-state index contributed by atoms with van der Waals surface area (Å²) >= 11 is 0. The maximum absolute atomic E-state index is 10.1. The number of aliphatic hydroxyl groups excluding tert-OH is 1. The highest BCUT2D eigenvalue weighted by molar-refractivity contribution is 5.91. The molecule has 37 heavy (non-hydrogen) atoms. The molecule has 3 heterocycles. The number of hydrogen-bond acceptors (Lipinski definition) is 7. The smallest absolute Gasteiger partial charge is 0.224 e. The first-order chi connectivity index (χ1) is 18.0. The lowest BCUT2D eigenvalue weighted by Gasteiger charge is -2.32. The van der Waals surface area contributed by atoms with E-state index < -0.39 is 0 Å². The second kappa shape index (κ2) is 10.7. The van der Waals surface area contributed by atoms with E-state index in [2.05, 4.69) is 58.0 Å². The molecule has 1 aliphatic heterocycles. The van der Waals surface area contributed by atoms with Gasteiger partial charge < -0.3 is 15.3 Å². The molecule has 1 saturated heterocycles. The fourth-order valence-electron chi connectivity index (χ4n) is 6.06. The van der Waals surface area contributed by atoms with Crippen molar-refractivity contribution in [1.82, 2.24) is 29.5 Å². The zero-order valence-electron chi connectivity index (χ0n) is 22.3. The van der Waals surface area contributed by atoms with Crippen molar-refractivity contribution in [3.63, 3.8) is 0 Å². The summed E-state index contributed by atoms with van der Waals surface area (Å²) in [5, 5.41) is 19.8. The summed E-state index contributed by atoms with van der Waals surface area (Å²) in [7, 11) is 2.20. The molecule has 0 radical (unpaired) electrons. The number of anilines is 1. The fourth-order valence-corrected chi connectivity index (χ4v) is 6.06. The zero-order valence-corrected chi connectivity index (χ0v) is 22.3. The van der Waals surface area contributed by atoms with Crippen molar-refractivity contribution in [3.8, 4) is 11.3 Å². The standard InChI is InChI=1S/C29H41N7O/c1-20(22-4-3-5-22)31-29-30-18-26-27(33-36(28(26)32-29)24-10-12-25(37)13-11-24)23-8-6-21(7-9-23)19-35-16-14-34(2)15-17-35/h6-9,18,20,22,24-25,37H,3-5,10-17,19H2,1-2H3,(H,30,31,32)/t20-,24?,25?/m1/s1. The largest absolute Gasteiger partial charge is 0.393 e. The number of hydrogen-bond donors (Lipinski definition) is 2. The number of likely N-dealkylation sites (N-methyl/N-ethyl adjacent to an activating group) is 1. The number of aromatic nitrogens is 4. The molecule has 3 aromatic rings. The van der Waals surface area contributed by atoms with Gasteiger partial charge >= 0.3 is 0 Å². The molecule has 3 fully saturated rings. The Balaban J connectivity index is 1.28. The van der Waals surface area contributed by atoms with Crippen LogP contribution in [0.5, 0.6) is 0 Å². The van der Waals surface area contributed by atoms with Gasteiger partial charge in [0.1, 0.15) is 5.69 Å². The molecule has 2 aromatic heterocycles. The van der Waals surface area contributed by atoms with Crippen LogP contribution in [0.15, 0.2) is 30.5 Å². The van der Waals surface area contributed by atoms with Crippen LogP contribution >= 0.6 is 0 Å². The van der Waals surface area contributed by atoms with Gasteiger partial charge in [-0.1, -0.05) is 30.7 Å². The van der Waals surface area contributed by atoms with Crippen LogP contribution < -0.4 is 5.32 Å². The van der Waals surface area contributed by atoms with Gasteiger partial charge in [0.25, 0.3) is 0 Å². The Morgan fingerprint density at radius 1 is 1.00 bits per heavy atom. The number of aliphatic hydroxyl groups is 1. The molecule has 0 amide bonds. The maximum atomic E-state index is 10.1. The SMILES string of the molecule is C[C@@H](Nc1ncc2c(-c3ccc(CN4CCN(C)CC4)cc3)nn(C3CCC(O)CC3)c2n1)C1CCC1. The van der Waals surface area contributed by atoms with Crippen LogP contribution in [-0.4, -0.2) is 80.0 Å². The second-order valence-electron chi connectivity index (χ2n) is 11.6. The van der Waals surface area contributed by atoms with Gasteiger partial charge in [-0.05, 0) is 64.0 Å². The number of rotatable bonds is 7. The first-order valence-electron chi connectivity index (χ1n) is 14.2. The molecule has 8 heteroatoms. The minimum Gasteiger partial charge on any atom is -0.393 e. The number of nitrogens with one attached hydrogen (secondary N) is 1. The highest BCUT2D eigenvalue weighted by Crippen LogP contribution is 2.35. The third-order valence-corrected chi connectivity index (χ3v) is 8.90. The molecule has 1 aromatic carbocycles. The summed E-state index contributed by atoms with van der Waals surface area (Å²) in [5.41, 5.74) is 4.29. The predicted molar refractivity (Wildman–Crippen MR) is 147 cm³/mol. The van der Waals surface area contributed by atoms with E-state index >= 15 is 0 Å². The Hall–Kier alpha value is -2.55. The summed E-state index contributed by atoms with van der Waals surface area (Å²) in [4.78, 5) is 14.6. The molecule has 8 nitrogen and oxygen atoms in total. The number of benzene rings is 1. The fraction of sp³-hybridized carbons (Fsp3) is 0.621. The topological polar surface area (TPSA) is 82.3 Å². The average Bonchev–Trinajstić information content (AvgIpc) is 3.24. The van der Waals surface area contributed by atoms with Gasteiger partial charge in [-0.15, -0.1) is 0 Å². The van der Waals surface area contributed by atoms with Crippen molar-refractivity contribution in [1.29, 1.82) is 0 Å². The van der Waals surface area contributed by atoms with E-state index in [0.717, 1.165) is 80.7 Å². The number of piperazine rings is 1. The first kappa shape index (κ1) is 24.8. The Morgan fingerprint density at radius 2 is 1.73 bits per heavy atom. The van der Waals surface area contributed by atoms with Crippen LogP contribution in [-0.2, 0) is 6.54 Å². The quantitative estimate of drug-likeness (QED) is 0.497. The molecule has 2 aliphatic carbocycles. The lowest BCUT2D eigenvalue weighted by Crippen LogP contribution is -2.43. The highest BCUT2D eigenvalue weighted by Gasteiger charge is 2.27. The Bertz CT molecular complexity index is 1190. The van der Waals surface area contributed by atoms with E-state index in [-0.39, 0.29) is 12.1 Å². The molecule has 1 atom stereocenters. The van der Waals surface area contributed by atoms with E-state index in [0.29, 0.717) is 17.9 Å². The van der Waals surface area contributed by atoms with E-state index in [1.165, 1.54) is 24.8 Å².